The molecule has 0 amide bonds. The Kier molecular flexibility index (Phi) is 9.24. The van der Waals surface area contributed by atoms with Crippen molar-refractivity contribution in [1.82, 2.24) is 0 Å². The molecule has 0 N–H and O–H groups in total. The van der Waals surface area contributed by atoms with Gasteiger partial charge >= 0.3 is 0 Å². The number of hydrogen-bond acceptors (Lipinski definition) is 6. The van der Waals surface area contributed by atoms with Gasteiger partial charge in [-0.15, -0.1) is 0 Å². The van der Waals surface area contributed by atoms with Crippen molar-refractivity contribution in [3.05, 3.63) is 217 Å². The lowest BCUT2D eigenvalue weighted by molar-refractivity contribution is 0.656. The molecule has 15 aromatic rings. The number of rotatable bonds is 8. The Morgan fingerprint density at radius 3 is 1.35 bits per heavy atom. The molecule has 0 bridgehead atoms. The van der Waals surface area contributed by atoms with Crippen LogP contribution in [0, 0.1) is 0 Å². The molecule has 0 aliphatic carbocycles. The lowest BCUT2D eigenvalue weighted by Gasteiger charge is -2.27. The summed E-state index contributed by atoms with van der Waals surface area (Å²) >= 11 is 0. The van der Waals surface area contributed by atoms with Crippen molar-refractivity contribution < 1.29 is 17.7 Å². The summed E-state index contributed by atoms with van der Waals surface area (Å²) in [6, 6.07) is 73.9. The second-order valence-electron chi connectivity index (χ2n) is 20.5. The lowest BCUT2D eigenvalue weighted by Crippen LogP contribution is -2.10. The Morgan fingerprint density at radius 1 is 0.270 bits per heavy atom. The minimum absolute atomic E-state index is 0.411. The molecule has 0 unspecified atom stereocenters. The van der Waals surface area contributed by atoms with Gasteiger partial charge in [-0.2, -0.15) is 0 Å². The maximum absolute atomic E-state index is 6.95. The minimum Gasteiger partial charge on any atom is -0.456 e. The normalized spacial score (nSPS) is 12.3. The van der Waals surface area contributed by atoms with Crippen LogP contribution >= 0.6 is 0 Å². The van der Waals surface area contributed by atoms with Gasteiger partial charge in [-0.3, -0.25) is 0 Å². The summed E-state index contributed by atoms with van der Waals surface area (Å²) in [5.74, 6) is 0.841. The number of benzene rings is 11. The Hall–Kier alpha value is -9.26. The van der Waals surface area contributed by atoms with E-state index in [0.29, 0.717) is 11.8 Å². The molecule has 0 saturated heterocycles. The van der Waals surface area contributed by atoms with Crippen molar-refractivity contribution in [3.8, 4) is 0 Å². The molecule has 11 aromatic carbocycles. The predicted octanol–water partition coefficient (Wildman–Crippen LogP) is 20.8. The number of fused-ring (bicyclic) bond motifs is 15. The van der Waals surface area contributed by atoms with Crippen molar-refractivity contribution in [2.75, 3.05) is 9.80 Å². The molecule has 15 rings (SSSR count). The van der Waals surface area contributed by atoms with E-state index in [1.807, 2.05) is 24.3 Å². The van der Waals surface area contributed by atoms with E-state index in [-0.39, 0.29) is 0 Å². The highest BCUT2D eigenvalue weighted by molar-refractivity contribution is 6.25. The summed E-state index contributed by atoms with van der Waals surface area (Å²) < 4.78 is 26.3. The molecule has 0 radical (unpaired) electrons. The number of furan rings is 4. The van der Waals surface area contributed by atoms with E-state index in [1.54, 1.807) is 0 Å². The topological polar surface area (TPSA) is 59.0 Å². The van der Waals surface area contributed by atoms with Crippen LogP contribution in [0.15, 0.2) is 224 Å². The van der Waals surface area contributed by atoms with E-state index in [4.69, 9.17) is 17.7 Å². The van der Waals surface area contributed by atoms with Gasteiger partial charge in [-0.05, 0) is 142 Å². The highest BCUT2D eigenvalue weighted by Crippen LogP contribution is 2.48. The molecule has 74 heavy (non-hydrogen) atoms. The first kappa shape index (κ1) is 42.4. The molecule has 0 atom stereocenters. The van der Waals surface area contributed by atoms with Crippen LogP contribution < -0.4 is 9.80 Å². The summed E-state index contributed by atoms with van der Waals surface area (Å²) in [5.41, 5.74) is 15.6. The van der Waals surface area contributed by atoms with Crippen LogP contribution in [-0.4, -0.2) is 0 Å². The quantitative estimate of drug-likeness (QED) is 0.151. The summed E-state index contributed by atoms with van der Waals surface area (Å²) in [5, 5.41) is 13.1. The molecule has 6 heteroatoms. The number of anilines is 6. The highest BCUT2D eigenvalue weighted by atomic mass is 16.3. The molecule has 0 saturated carbocycles. The van der Waals surface area contributed by atoms with Gasteiger partial charge in [0.1, 0.15) is 44.7 Å². The van der Waals surface area contributed by atoms with Gasteiger partial charge in [0, 0.05) is 89.0 Å². The zero-order chi connectivity index (χ0) is 49.3. The average Bonchev–Trinajstić information content (AvgIpc) is 4.19. The first-order valence-corrected chi connectivity index (χ1v) is 25.6. The molecule has 4 heterocycles. The van der Waals surface area contributed by atoms with Crippen LogP contribution in [0.3, 0.4) is 0 Å². The SMILES string of the molecule is CC(C)c1ccc(N(c2ccc3cc4c(cc3c2)oc2cc3oc5cc(N(c6ccc(C(C)C)cc6)c6ccc7oc8ccccc8c7c6)c6ccccc6c5c3cc24)c2ccc3oc4ccccc4c3c2)cc1. The fourth-order valence-electron chi connectivity index (χ4n) is 11.5. The number of para-hydroxylation sites is 2. The number of hydrogen-bond donors (Lipinski definition) is 0. The Bertz CT molecular complexity index is 4740. The molecule has 354 valence electrons. The number of nitrogens with zero attached hydrogens (tertiary/aromatic N) is 2. The fourth-order valence-corrected chi connectivity index (χ4v) is 11.5. The summed E-state index contributed by atoms with van der Waals surface area (Å²) in [4.78, 5) is 4.70. The van der Waals surface area contributed by atoms with Crippen LogP contribution in [0.1, 0.15) is 50.7 Å². The van der Waals surface area contributed by atoms with Gasteiger partial charge in [0.15, 0.2) is 0 Å². The molecule has 0 spiro atoms. The third-order valence-electron chi connectivity index (χ3n) is 15.4. The molecular formula is C68H48N2O4. The summed E-state index contributed by atoms with van der Waals surface area (Å²) in [6.45, 7) is 8.94. The van der Waals surface area contributed by atoms with Crippen molar-refractivity contribution in [3.63, 3.8) is 0 Å². The Labute approximate surface area is 425 Å². The van der Waals surface area contributed by atoms with Gasteiger partial charge in [0.2, 0.25) is 0 Å². The van der Waals surface area contributed by atoms with Gasteiger partial charge in [0.05, 0.1) is 5.69 Å². The Balaban J connectivity index is 0.873. The van der Waals surface area contributed by atoms with Gasteiger partial charge in [-0.25, -0.2) is 0 Å². The van der Waals surface area contributed by atoms with Crippen molar-refractivity contribution >= 4 is 143 Å². The predicted molar refractivity (Wildman–Crippen MR) is 308 cm³/mol. The van der Waals surface area contributed by atoms with Gasteiger partial charge in [-0.1, -0.05) is 119 Å². The molecule has 4 aromatic heterocycles. The van der Waals surface area contributed by atoms with Crippen molar-refractivity contribution in [1.29, 1.82) is 0 Å². The van der Waals surface area contributed by atoms with E-state index >= 15 is 0 Å². The van der Waals surface area contributed by atoms with Crippen LogP contribution in [0.4, 0.5) is 34.1 Å². The summed E-state index contributed by atoms with van der Waals surface area (Å²) in [6.07, 6.45) is 0. The first-order valence-electron chi connectivity index (χ1n) is 25.6. The van der Waals surface area contributed by atoms with Gasteiger partial charge < -0.3 is 27.5 Å². The van der Waals surface area contributed by atoms with E-state index in [2.05, 4.69) is 219 Å². The largest absolute Gasteiger partial charge is 0.456 e. The van der Waals surface area contributed by atoms with Crippen LogP contribution in [0.25, 0.3) is 109 Å². The zero-order valence-electron chi connectivity index (χ0n) is 41.3. The van der Waals surface area contributed by atoms with Crippen LogP contribution in [0.5, 0.6) is 0 Å². The highest BCUT2D eigenvalue weighted by Gasteiger charge is 2.24. The van der Waals surface area contributed by atoms with E-state index in [0.717, 1.165) is 143 Å². The van der Waals surface area contributed by atoms with E-state index < -0.39 is 0 Å². The smallest absolute Gasteiger partial charge is 0.139 e. The van der Waals surface area contributed by atoms with E-state index in [1.165, 1.54) is 11.1 Å². The monoisotopic (exact) mass is 956 g/mol. The van der Waals surface area contributed by atoms with Crippen LogP contribution in [-0.2, 0) is 0 Å². The average molecular weight is 957 g/mol. The van der Waals surface area contributed by atoms with E-state index in [9.17, 15) is 0 Å². The maximum atomic E-state index is 6.95. The van der Waals surface area contributed by atoms with Gasteiger partial charge in [0.25, 0.3) is 0 Å². The molecule has 6 nitrogen and oxygen atoms in total. The molecule has 0 fully saturated rings. The third-order valence-corrected chi connectivity index (χ3v) is 15.4. The Morgan fingerprint density at radius 2 is 0.716 bits per heavy atom. The lowest BCUT2D eigenvalue weighted by atomic mass is 9.99. The molecule has 0 aliphatic heterocycles. The maximum Gasteiger partial charge on any atom is 0.139 e. The second kappa shape index (κ2) is 16.1. The van der Waals surface area contributed by atoms with Crippen molar-refractivity contribution in [2.45, 2.75) is 39.5 Å². The fraction of sp³-hybridized carbons (Fsp3) is 0.0882. The first-order chi connectivity index (χ1) is 36.3. The zero-order valence-corrected chi connectivity index (χ0v) is 41.3. The standard InChI is InChI=1S/C68H48N2O4/c1-39(2)41-17-22-45(23-18-41)69(48-27-29-62-55(34-48)51-12-7-9-15-60(51)71-62)47-26-21-43-32-54-57-36-58-66(38-65(57)73-64(54)33-44(43)31-47)74-67-37-59(50-11-5-6-14-53(50)68(58)67)70(46-24-19-42(20-25-46)40(3)4)49-28-30-63-56(35-49)52-13-8-10-16-61(52)72-63/h5-40H,1-4H3. The van der Waals surface area contributed by atoms with Crippen molar-refractivity contribution in [2.24, 2.45) is 0 Å². The molecule has 0 aliphatic rings. The summed E-state index contributed by atoms with van der Waals surface area (Å²) in [7, 11) is 0. The third kappa shape index (κ3) is 6.57. The molecular weight excluding hydrogens is 909 g/mol. The van der Waals surface area contributed by atoms with Crippen LogP contribution in [0.2, 0.25) is 0 Å². The minimum atomic E-state index is 0.411. The second-order valence-corrected chi connectivity index (χ2v) is 20.5.